The second kappa shape index (κ2) is 4.66. The molecule has 0 saturated heterocycles. The summed E-state index contributed by atoms with van der Waals surface area (Å²) in [7, 11) is 0. The normalized spacial score (nSPS) is 11.4. The van der Waals surface area contributed by atoms with Gasteiger partial charge in [-0.3, -0.25) is 0 Å². The van der Waals surface area contributed by atoms with Crippen molar-refractivity contribution in [3.8, 4) is 0 Å². The maximum atomic E-state index is 12.8. The van der Waals surface area contributed by atoms with Crippen molar-refractivity contribution in [1.82, 2.24) is 0 Å². The van der Waals surface area contributed by atoms with E-state index >= 15 is 0 Å². The third kappa shape index (κ3) is 3.10. The van der Waals surface area contributed by atoms with Crippen molar-refractivity contribution >= 4 is 23.1 Å². The number of amidine groups is 1. The maximum absolute atomic E-state index is 12.8. The first-order chi connectivity index (χ1) is 6.61. The van der Waals surface area contributed by atoms with Gasteiger partial charge in [0, 0.05) is 10.7 Å². The van der Waals surface area contributed by atoms with Crippen LogP contribution < -0.4 is 11.1 Å². The average molecular weight is 218 g/mol. The molecule has 0 spiro atoms. The summed E-state index contributed by atoms with van der Waals surface area (Å²) in [5.74, 6) is -0.440. The highest BCUT2D eigenvalue weighted by Gasteiger charge is 1.99. The third-order valence-corrected chi connectivity index (χ3v) is 1.68. The fraction of sp³-hybridized carbons (Fsp3) is 0.125. The van der Waals surface area contributed by atoms with Gasteiger partial charge in [-0.2, -0.15) is 0 Å². The minimum Gasteiger partial charge on any atom is -0.409 e. The Bertz CT molecular complexity index is 336. The van der Waals surface area contributed by atoms with Crippen LogP contribution in [0.1, 0.15) is 0 Å². The predicted octanol–water partition coefficient (Wildman–Crippen LogP) is 1.64. The van der Waals surface area contributed by atoms with Crippen LogP contribution in [0.4, 0.5) is 10.1 Å². The van der Waals surface area contributed by atoms with Crippen LogP contribution in [0.2, 0.25) is 5.02 Å². The molecule has 0 aliphatic carbocycles. The summed E-state index contributed by atoms with van der Waals surface area (Å²) in [6.07, 6.45) is 0. The fourth-order valence-corrected chi connectivity index (χ4v) is 1.11. The second-order valence-corrected chi connectivity index (χ2v) is 3.04. The molecule has 76 valence electrons. The summed E-state index contributed by atoms with van der Waals surface area (Å²) < 4.78 is 12.8. The highest BCUT2D eigenvalue weighted by atomic mass is 35.5. The summed E-state index contributed by atoms with van der Waals surface area (Å²) in [6.45, 7) is 0.121. The first kappa shape index (κ1) is 10.6. The zero-order chi connectivity index (χ0) is 10.6. The van der Waals surface area contributed by atoms with Gasteiger partial charge in [0.2, 0.25) is 0 Å². The lowest BCUT2D eigenvalue weighted by molar-refractivity contribution is 0.317. The largest absolute Gasteiger partial charge is 0.409 e. The molecular formula is C8H9ClFN3O. The van der Waals surface area contributed by atoms with Crippen molar-refractivity contribution < 1.29 is 9.60 Å². The molecule has 0 heterocycles. The van der Waals surface area contributed by atoms with E-state index in [0.29, 0.717) is 5.69 Å². The van der Waals surface area contributed by atoms with Gasteiger partial charge in [0.15, 0.2) is 5.84 Å². The van der Waals surface area contributed by atoms with Gasteiger partial charge in [0.05, 0.1) is 6.54 Å². The summed E-state index contributed by atoms with van der Waals surface area (Å²) >= 11 is 5.61. The first-order valence-electron chi connectivity index (χ1n) is 3.78. The van der Waals surface area contributed by atoms with Crippen molar-refractivity contribution in [1.29, 1.82) is 0 Å². The maximum Gasteiger partial charge on any atom is 0.158 e. The monoisotopic (exact) mass is 217 g/mol. The zero-order valence-corrected chi connectivity index (χ0v) is 7.92. The van der Waals surface area contributed by atoms with Crippen LogP contribution in [-0.2, 0) is 0 Å². The van der Waals surface area contributed by atoms with Crippen LogP contribution in [0.5, 0.6) is 0 Å². The van der Waals surface area contributed by atoms with E-state index in [1.807, 2.05) is 0 Å². The Kier molecular flexibility index (Phi) is 3.53. The van der Waals surface area contributed by atoms with E-state index in [1.165, 1.54) is 18.2 Å². The Morgan fingerprint density at radius 3 is 2.86 bits per heavy atom. The van der Waals surface area contributed by atoms with Gasteiger partial charge in [-0.15, -0.1) is 0 Å². The summed E-state index contributed by atoms with van der Waals surface area (Å²) in [5.41, 5.74) is 5.68. The van der Waals surface area contributed by atoms with Gasteiger partial charge in [0.25, 0.3) is 0 Å². The van der Waals surface area contributed by atoms with E-state index in [1.54, 1.807) is 0 Å². The molecule has 0 aliphatic rings. The van der Waals surface area contributed by atoms with E-state index in [2.05, 4.69) is 10.5 Å². The minimum atomic E-state index is -0.445. The topological polar surface area (TPSA) is 70.6 Å². The van der Waals surface area contributed by atoms with E-state index < -0.39 is 5.82 Å². The highest BCUT2D eigenvalue weighted by Crippen LogP contribution is 2.17. The molecule has 6 heteroatoms. The SMILES string of the molecule is N/C(CNc1cc(F)cc(Cl)c1)=N/O. The van der Waals surface area contributed by atoms with Crippen molar-refractivity contribution in [2.75, 3.05) is 11.9 Å². The summed E-state index contributed by atoms with van der Waals surface area (Å²) in [4.78, 5) is 0. The molecule has 1 rings (SSSR count). The molecular weight excluding hydrogens is 209 g/mol. The lowest BCUT2D eigenvalue weighted by Gasteiger charge is -2.05. The number of oxime groups is 1. The molecule has 1 aromatic carbocycles. The Morgan fingerprint density at radius 2 is 2.29 bits per heavy atom. The molecule has 0 bridgehead atoms. The zero-order valence-electron chi connectivity index (χ0n) is 7.17. The number of halogens is 2. The number of anilines is 1. The molecule has 1 aromatic rings. The van der Waals surface area contributed by atoms with Crippen molar-refractivity contribution in [3.63, 3.8) is 0 Å². The minimum absolute atomic E-state index is 0.00498. The van der Waals surface area contributed by atoms with E-state index in [-0.39, 0.29) is 17.4 Å². The fourth-order valence-electron chi connectivity index (χ4n) is 0.884. The van der Waals surface area contributed by atoms with Gasteiger partial charge in [-0.05, 0) is 18.2 Å². The molecule has 14 heavy (non-hydrogen) atoms. The van der Waals surface area contributed by atoms with Gasteiger partial charge < -0.3 is 16.3 Å². The lowest BCUT2D eigenvalue weighted by atomic mass is 10.3. The van der Waals surface area contributed by atoms with Crippen molar-refractivity contribution in [2.45, 2.75) is 0 Å². The van der Waals surface area contributed by atoms with E-state index in [0.717, 1.165) is 0 Å². The molecule has 0 atom stereocenters. The molecule has 0 aliphatic heterocycles. The van der Waals surface area contributed by atoms with Gasteiger partial charge in [-0.25, -0.2) is 4.39 Å². The number of nitrogens with zero attached hydrogens (tertiary/aromatic N) is 1. The van der Waals surface area contributed by atoms with E-state index in [4.69, 9.17) is 22.5 Å². The molecule has 4 nitrogen and oxygen atoms in total. The first-order valence-corrected chi connectivity index (χ1v) is 4.16. The Hall–Kier alpha value is -1.49. The number of benzene rings is 1. The van der Waals surface area contributed by atoms with Crippen LogP contribution in [-0.4, -0.2) is 17.6 Å². The lowest BCUT2D eigenvalue weighted by Crippen LogP contribution is -2.22. The van der Waals surface area contributed by atoms with Crippen LogP contribution >= 0.6 is 11.6 Å². The molecule has 0 unspecified atom stereocenters. The highest BCUT2D eigenvalue weighted by molar-refractivity contribution is 6.30. The third-order valence-electron chi connectivity index (χ3n) is 1.46. The predicted molar refractivity (Wildman–Crippen MR) is 53.3 cm³/mol. The Morgan fingerprint density at radius 1 is 1.57 bits per heavy atom. The molecule has 0 radical (unpaired) electrons. The van der Waals surface area contributed by atoms with Crippen molar-refractivity contribution in [2.24, 2.45) is 10.9 Å². The molecule has 0 saturated carbocycles. The van der Waals surface area contributed by atoms with Gasteiger partial charge in [-0.1, -0.05) is 16.8 Å². The number of nitrogens with two attached hydrogens (primary N) is 1. The van der Waals surface area contributed by atoms with Crippen LogP contribution in [0, 0.1) is 5.82 Å². The number of hydrogen-bond donors (Lipinski definition) is 3. The van der Waals surface area contributed by atoms with E-state index in [9.17, 15) is 4.39 Å². The van der Waals surface area contributed by atoms with Gasteiger partial charge >= 0.3 is 0 Å². The van der Waals surface area contributed by atoms with Crippen molar-refractivity contribution in [3.05, 3.63) is 29.0 Å². The quantitative estimate of drug-likeness (QED) is 0.312. The molecule has 0 amide bonds. The molecule has 4 N–H and O–H groups in total. The summed E-state index contributed by atoms with van der Waals surface area (Å²) in [6, 6.07) is 3.99. The number of nitrogens with one attached hydrogen (secondary N) is 1. The van der Waals surface area contributed by atoms with Crippen LogP contribution in [0.25, 0.3) is 0 Å². The smallest absolute Gasteiger partial charge is 0.158 e. The van der Waals surface area contributed by atoms with Gasteiger partial charge in [0.1, 0.15) is 5.82 Å². The molecule has 0 aromatic heterocycles. The second-order valence-electron chi connectivity index (χ2n) is 2.60. The Labute approximate surface area is 85.2 Å². The van der Waals surface area contributed by atoms with Crippen LogP contribution in [0.15, 0.2) is 23.4 Å². The number of rotatable bonds is 3. The average Bonchev–Trinajstić information content (AvgIpc) is 2.12. The summed E-state index contributed by atoms with van der Waals surface area (Å²) in [5, 5.41) is 14.0. The standard InChI is InChI=1S/C8H9ClFN3O/c9-5-1-6(10)3-7(2-5)12-4-8(11)13-14/h1-3,12,14H,4H2,(H2,11,13). The number of hydrogen-bond acceptors (Lipinski definition) is 3. The van der Waals surface area contributed by atoms with Crippen LogP contribution in [0.3, 0.4) is 0 Å². The molecule has 0 fully saturated rings. The Balaban J connectivity index is 2.67.